The Kier molecular flexibility index (Phi) is 20.6. The van der Waals surface area contributed by atoms with Crippen LogP contribution in [0.15, 0.2) is 53.4 Å². The Morgan fingerprint density at radius 2 is 1.46 bits per heavy atom. The van der Waals surface area contributed by atoms with Crippen LogP contribution >= 0.6 is 7.44 Å². The van der Waals surface area contributed by atoms with Crippen LogP contribution in [0.2, 0.25) is 0 Å². The van der Waals surface area contributed by atoms with E-state index in [4.69, 9.17) is 33.2 Å². The van der Waals surface area contributed by atoms with Gasteiger partial charge in [0.05, 0.1) is 56.5 Å². The third-order valence-electron chi connectivity index (χ3n) is 10.5. The second-order valence-electron chi connectivity index (χ2n) is 16.3. The van der Waals surface area contributed by atoms with Gasteiger partial charge in [-0.05, 0) is 87.4 Å². The first-order valence-electron chi connectivity index (χ1n) is 21.7. The van der Waals surface area contributed by atoms with E-state index in [0.29, 0.717) is 37.2 Å². The molecule has 2 aromatic rings. The Balaban J connectivity index is 1.52. The van der Waals surface area contributed by atoms with Gasteiger partial charge in [-0.1, -0.05) is 52.7 Å². The number of esters is 2. The molecule has 0 bridgehead atoms. The number of carbonyl (C=O) groups excluding carboxylic acids is 3. The maximum absolute atomic E-state index is 14.3. The second kappa shape index (κ2) is 25.0. The number of hydrogen-bond donors (Lipinski definition) is 4. The summed E-state index contributed by atoms with van der Waals surface area (Å²) < 4.78 is 82.1. The van der Waals surface area contributed by atoms with E-state index < -0.39 is 78.5 Å². The fraction of sp³-hybridized carbons (Fsp3) is 0.651. The summed E-state index contributed by atoms with van der Waals surface area (Å²) in [5, 5.41) is 20.2. The van der Waals surface area contributed by atoms with Crippen LogP contribution in [0.5, 0.6) is 11.5 Å². The fourth-order valence-corrected chi connectivity index (χ4v) is 10.6. The average molecular weight is 927 g/mol. The zero-order chi connectivity index (χ0) is 46.2. The summed E-state index contributed by atoms with van der Waals surface area (Å²) in [7, 11) is -6.44. The lowest BCUT2D eigenvalue weighted by Gasteiger charge is -2.31. The molecular weight excluding hydrogens is 860 g/mol. The molecule has 1 amide bonds. The van der Waals surface area contributed by atoms with E-state index in [2.05, 4.69) is 15.5 Å². The van der Waals surface area contributed by atoms with E-state index in [1.54, 1.807) is 36.4 Å². The van der Waals surface area contributed by atoms with Gasteiger partial charge in [-0.2, -0.15) is 4.31 Å². The first-order chi connectivity index (χ1) is 30.0. The van der Waals surface area contributed by atoms with Gasteiger partial charge in [0.25, 0.3) is 0 Å². The predicted octanol–water partition coefficient (Wildman–Crippen LogP) is 4.97. The number of methoxy groups -OCH3 is 1. The van der Waals surface area contributed by atoms with Crippen molar-refractivity contribution >= 4 is 35.5 Å². The largest absolute Gasteiger partial charge is 0.497 e. The number of amides is 1. The topological polar surface area (TPSA) is 227 Å². The van der Waals surface area contributed by atoms with E-state index in [0.717, 1.165) is 12.8 Å². The van der Waals surface area contributed by atoms with Crippen LogP contribution in [0.3, 0.4) is 0 Å². The minimum atomic E-state index is -4.10. The highest BCUT2D eigenvalue weighted by Gasteiger charge is 2.44. The molecule has 2 aliphatic rings. The molecule has 63 heavy (non-hydrogen) atoms. The maximum atomic E-state index is 14.3. The van der Waals surface area contributed by atoms with Crippen molar-refractivity contribution in [3.63, 3.8) is 0 Å². The number of hydrogen-bond acceptors (Lipinski definition) is 14. The fourth-order valence-electron chi connectivity index (χ4n) is 6.93. The number of benzene rings is 2. The standard InChI is InChI=1S/C43H67N4O14PS/c1-8-10-21-56-40(49)30(5)45-62(52,46-31(6)41(50)57-22-11-9-2)28-60-34-14-12-32(13-15-34)24-37(44-43(51)61-39-27-59-42-36(39)20-23-58-42)38(48)26-47(25-29(3)4)63(53,54)35-18-16-33(55-7)17-19-35/h12-19,29-31,36-39,42,48H,8-11,20-28H2,1-7H3,(H,44,51)(H2,45,46,52)/t30-,31-,36-,37-,38+,39-,42+/m0/s1. The molecule has 0 aliphatic carbocycles. The number of carbonyl (C=O) groups is 3. The van der Waals surface area contributed by atoms with Crippen LogP contribution in [0.4, 0.5) is 4.79 Å². The van der Waals surface area contributed by atoms with Crippen LogP contribution in [0, 0.1) is 11.8 Å². The Bertz CT molecular complexity index is 1870. The Morgan fingerprint density at radius 1 is 0.873 bits per heavy atom. The summed E-state index contributed by atoms with van der Waals surface area (Å²) in [5.41, 5.74) is 0.625. The first-order valence-corrected chi connectivity index (χ1v) is 25.0. The average Bonchev–Trinajstić information content (AvgIpc) is 3.88. The van der Waals surface area contributed by atoms with Gasteiger partial charge in [-0.3, -0.25) is 14.2 Å². The number of sulfonamides is 1. The van der Waals surface area contributed by atoms with Gasteiger partial charge in [0, 0.05) is 13.1 Å². The van der Waals surface area contributed by atoms with Gasteiger partial charge in [-0.25, -0.2) is 23.4 Å². The highest BCUT2D eigenvalue weighted by atomic mass is 32.2. The third kappa shape index (κ3) is 16.0. The van der Waals surface area contributed by atoms with Gasteiger partial charge < -0.3 is 43.6 Å². The Hall–Kier alpha value is -3.81. The molecule has 354 valence electrons. The van der Waals surface area contributed by atoms with Crippen molar-refractivity contribution in [3.8, 4) is 11.5 Å². The van der Waals surface area contributed by atoms with E-state index >= 15 is 0 Å². The molecular formula is C43H67N4O14PS. The number of ether oxygens (including phenoxy) is 7. The third-order valence-corrected chi connectivity index (χ3v) is 14.4. The zero-order valence-electron chi connectivity index (χ0n) is 37.5. The Labute approximate surface area is 371 Å². The molecule has 4 rings (SSSR count). The highest BCUT2D eigenvalue weighted by Crippen LogP contribution is 2.38. The number of rotatable bonds is 27. The van der Waals surface area contributed by atoms with Gasteiger partial charge in [0.2, 0.25) is 17.5 Å². The zero-order valence-corrected chi connectivity index (χ0v) is 39.2. The van der Waals surface area contributed by atoms with E-state index in [1.165, 1.54) is 37.4 Å². The van der Waals surface area contributed by atoms with Gasteiger partial charge >= 0.3 is 18.0 Å². The van der Waals surface area contributed by atoms with Gasteiger partial charge in [0.1, 0.15) is 29.7 Å². The summed E-state index contributed by atoms with van der Waals surface area (Å²) in [6.07, 6.45) is -0.0111. The minimum absolute atomic E-state index is 0.0166. The van der Waals surface area contributed by atoms with E-state index in [-0.39, 0.29) is 61.8 Å². The minimum Gasteiger partial charge on any atom is -0.497 e. The molecule has 4 N–H and O–H groups in total. The molecule has 18 nitrogen and oxygen atoms in total. The number of alkyl carbamates (subject to hydrolysis) is 1. The number of nitrogens with one attached hydrogen (secondary N) is 3. The van der Waals surface area contributed by atoms with Crippen molar-refractivity contribution in [1.82, 2.24) is 19.8 Å². The van der Waals surface area contributed by atoms with Crippen molar-refractivity contribution in [2.45, 2.75) is 122 Å². The van der Waals surface area contributed by atoms with E-state index in [9.17, 15) is 32.5 Å². The van der Waals surface area contributed by atoms with Crippen molar-refractivity contribution < 1.29 is 65.6 Å². The van der Waals surface area contributed by atoms with Crippen LogP contribution < -0.4 is 25.0 Å². The molecule has 2 aliphatic heterocycles. The lowest BCUT2D eigenvalue weighted by molar-refractivity contribution is -0.145. The summed E-state index contributed by atoms with van der Waals surface area (Å²) in [4.78, 5) is 38.9. The lowest BCUT2D eigenvalue weighted by atomic mass is 10.0. The molecule has 2 aromatic carbocycles. The molecule has 20 heteroatoms. The molecule has 0 saturated carbocycles. The first kappa shape index (κ1) is 51.8. The Morgan fingerprint density at radius 3 is 2.02 bits per heavy atom. The molecule has 2 heterocycles. The number of unbranched alkanes of at least 4 members (excludes halogenated alkanes) is 2. The quantitative estimate of drug-likeness (QED) is 0.0401. The molecule has 0 radical (unpaired) electrons. The van der Waals surface area contributed by atoms with Gasteiger partial charge in [0.15, 0.2) is 12.6 Å². The maximum Gasteiger partial charge on any atom is 0.407 e. The smallest absolute Gasteiger partial charge is 0.407 e. The number of nitrogens with zero attached hydrogens (tertiary/aromatic N) is 1. The van der Waals surface area contributed by atoms with Gasteiger partial charge in [-0.15, -0.1) is 0 Å². The van der Waals surface area contributed by atoms with Crippen LogP contribution in [-0.2, 0) is 54.3 Å². The van der Waals surface area contributed by atoms with E-state index in [1.807, 2.05) is 27.7 Å². The molecule has 2 saturated heterocycles. The SMILES string of the molecule is CCCCOC(=O)[C@H](C)NP(=O)(COc1ccc(C[C@H](NC(=O)O[C@H]2CO[C@H]3OCC[C@H]32)[C@H](O)CN(CC(C)C)S(=O)(=O)c2ccc(OC)cc2)cc1)N[C@@H](C)C(=O)OCCCC. The molecule has 2 fully saturated rings. The van der Waals surface area contributed by atoms with Crippen molar-refractivity contribution in [1.29, 1.82) is 0 Å². The summed E-state index contributed by atoms with van der Waals surface area (Å²) in [5.74, 6) is -0.689. The monoisotopic (exact) mass is 926 g/mol. The molecule has 7 atom stereocenters. The van der Waals surface area contributed by atoms with Crippen molar-refractivity contribution in [2.24, 2.45) is 11.8 Å². The lowest BCUT2D eigenvalue weighted by Crippen LogP contribution is -2.51. The van der Waals surface area contributed by atoms with Crippen LogP contribution in [-0.4, -0.2) is 125 Å². The van der Waals surface area contributed by atoms with Crippen LogP contribution in [0.25, 0.3) is 0 Å². The van der Waals surface area contributed by atoms with Crippen molar-refractivity contribution in [2.75, 3.05) is 53.0 Å². The summed E-state index contributed by atoms with van der Waals surface area (Å²) >= 11 is 0. The normalized spacial score (nSPS) is 19.5. The number of fused-ring (bicyclic) bond motifs is 1. The molecule has 0 unspecified atom stereocenters. The number of aliphatic hydroxyl groups excluding tert-OH is 1. The van der Waals surface area contributed by atoms with Crippen molar-refractivity contribution in [3.05, 3.63) is 54.1 Å². The number of aliphatic hydroxyl groups is 1. The molecule has 0 spiro atoms. The molecule has 0 aromatic heterocycles. The summed E-state index contributed by atoms with van der Waals surface area (Å²) in [6.45, 7) is 11.5. The predicted molar refractivity (Wildman–Crippen MR) is 234 cm³/mol. The second-order valence-corrected chi connectivity index (χ2v) is 20.5. The highest BCUT2D eigenvalue weighted by molar-refractivity contribution is 7.89. The summed E-state index contributed by atoms with van der Waals surface area (Å²) in [6, 6.07) is 9.47. The van der Waals surface area contributed by atoms with Crippen LogP contribution in [0.1, 0.15) is 79.2 Å².